The van der Waals surface area contributed by atoms with Crippen molar-refractivity contribution in [3.63, 3.8) is 0 Å². The summed E-state index contributed by atoms with van der Waals surface area (Å²) in [5.74, 6) is -0.491. The van der Waals surface area contributed by atoms with Crippen LogP contribution < -0.4 is 16.0 Å². The third kappa shape index (κ3) is 3.70. The Hall–Kier alpha value is -2.48. The number of benzene rings is 2. The summed E-state index contributed by atoms with van der Waals surface area (Å²) in [4.78, 5) is 36.7. The summed E-state index contributed by atoms with van der Waals surface area (Å²) in [6.45, 7) is 0. The van der Waals surface area contributed by atoms with Gasteiger partial charge in [0.1, 0.15) is 0 Å². The maximum atomic E-state index is 12.1. The Labute approximate surface area is 162 Å². The molecule has 0 aromatic heterocycles. The largest absolute Gasteiger partial charge is 0.351 e. The normalized spacial score (nSPS) is 15.2. The van der Waals surface area contributed by atoms with Crippen molar-refractivity contribution < 1.29 is 14.4 Å². The lowest BCUT2D eigenvalue weighted by atomic mass is 10.1. The van der Waals surface area contributed by atoms with Gasteiger partial charge in [0.25, 0.3) is 11.1 Å². The number of para-hydroxylation sites is 1. The number of carbonyl (C=O) groups excluding carboxylic acids is 3. The van der Waals surface area contributed by atoms with Crippen molar-refractivity contribution in [1.29, 1.82) is 0 Å². The highest BCUT2D eigenvalue weighted by Gasteiger charge is 2.26. The third-order valence-electron chi connectivity index (χ3n) is 3.49. The highest BCUT2D eigenvalue weighted by atomic mass is 35.5. The second-order valence-electron chi connectivity index (χ2n) is 5.18. The number of nitrogens with one attached hydrogen (secondary N) is 1. The van der Waals surface area contributed by atoms with Gasteiger partial charge in [0.05, 0.1) is 26.3 Å². The number of nitrogens with two attached hydrogens (primary N) is 1. The Kier molecular flexibility index (Phi) is 5.22. The Balaban J connectivity index is 2.10. The average Bonchev–Trinajstić information content (AvgIpc) is 2.90. The van der Waals surface area contributed by atoms with Crippen LogP contribution in [0.25, 0.3) is 6.08 Å². The van der Waals surface area contributed by atoms with E-state index in [2.05, 4.69) is 5.32 Å². The molecule has 4 amide bonds. The number of hydrogen-bond donors (Lipinski definition) is 2. The maximum absolute atomic E-state index is 12.1. The molecular formula is C17H11Cl2N3O3S. The van der Waals surface area contributed by atoms with Gasteiger partial charge in [-0.25, -0.2) is 4.79 Å². The van der Waals surface area contributed by atoms with E-state index in [-0.39, 0.29) is 9.93 Å². The standard InChI is InChI=1S/C17H11Cl2N3O3S/c18-11-6-5-10(8-12(11)19)22(16(20)24)13-4-2-1-3-9(13)7-14-15(23)21-17(25)26-14/h1-8H,(H2,20,24)(H,21,23,25). The molecule has 2 aromatic rings. The van der Waals surface area contributed by atoms with Crippen molar-refractivity contribution in [1.82, 2.24) is 5.32 Å². The number of thioether (sulfide) groups is 1. The van der Waals surface area contributed by atoms with Crippen LogP contribution >= 0.6 is 35.0 Å². The van der Waals surface area contributed by atoms with Crippen LogP contribution in [-0.2, 0) is 4.79 Å². The monoisotopic (exact) mass is 407 g/mol. The number of halogens is 2. The number of carbonyl (C=O) groups is 3. The number of primary amides is 1. The molecule has 0 radical (unpaired) electrons. The Morgan fingerprint density at radius 1 is 1.12 bits per heavy atom. The Morgan fingerprint density at radius 2 is 1.85 bits per heavy atom. The van der Waals surface area contributed by atoms with Crippen LogP contribution in [0.4, 0.5) is 21.0 Å². The molecule has 132 valence electrons. The second-order valence-corrected chi connectivity index (χ2v) is 7.01. The van der Waals surface area contributed by atoms with Gasteiger partial charge in [-0.05, 0) is 47.7 Å². The van der Waals surface area contributed by atoms with E-state index in [0.29, 0.717) is 22.0 Å². The van der Waals surface area contributed by atoms with Crippen LogP contribution in [0, 0.1) is 0 Å². The van der Waals surface area contributed by atoms with Crippen LogP contribution in [0.1, 0.15) is 5.56 Å². The van der Waals surface area contributed by atoms with E-state index < -0.39 is 17.2 Å². The van der Waals surface area contributed by atoms with Gasteiger partial charge in [0.2, 0.25) is 0 Å². The summed E-state index contributed by atoms with van der Waals surface area (Å²) in [5, 5.41) is 2.34. The van der Waals surface area contributed by atoms with E-state index >= 15 is 0 Å². The summed E-state index contributed by atoms with van der Waals surface area (Å²) in [7, 11) is 0. The second kappa shape index (κ2) is 7.41. The van der Waals surface area contributed by atoms with Crippen LogP contribution in [-0.4, -0.2) is 17.2 Å². The lowest BCUT2D eigenvalue weighted by Gasteiger charge is -2.23. The summed E-state index contributed by atoms with van der Waals surface area (Å²) in [6, 6.07) is 10.7. The van der Waals surface area contributed by atoms with E-state index in [1.165, 1.54) is 17.0 Å². The molecule has 1 aliphatic rings. The molecule has 3 rings (SSSR count). The first kappa shape index (κ1) is 18.3. The molecule has 26 heavy (non-hydrogen) atoms. The molecule has 0 unspecified atom stereocenters. The SMILES string of the molecule is NC(=O)N(c1ccc(Cl)c(Cl)c1)c1ccccc1C=C1SC(=O)NC1=O. The van der Waals surface area contributed by atoms with E-state index in [4.69, 9.17) is 28.9 Å². The van der Waals surface area contributed by atoms with Crippen LogP contribution in [0.3, 0.4) is 0 Å². The molecule has 1 heterocycles. The van der Waals surface area contributed by atoms with Gasteiger partial charge in [-0.2, -0.15) is 0 Å². The third-order valence-corrected chi connectivity index (χ3v) is 5.04. The minimum absolute atomic E-state index is 0.223. The van der Waals surface area contributed by atoms with Crippen LogP contribution in [0.2, 0.25) is 10.0 Å². The molecule has 1 saturated heterocycles. The molecule has 6 nitrogen and oxygen atoms in total. The van der Waals surface area contributed by atoms with Gasteiger partial charge in [-0.15, -0.1) is 0 Å². The molecule has 1 aliphatic heterocycles. The van der Waals surface area contributed by atoms with Crippen molar-refractivity contribution in [3.05, 3.63) is 63.0 Å². The minimum atomic E-state index is -0.742. The van der Waals surface area contributed by atoms with Crippen molar-refractivity contribution in [2.24, 2.45) is 5.73 Å². The predicted molar refractivity (Wildman–Crippen MR) is 104 cm³/mol. The number of amides is 4. The predicted octanol–water partition coefficient (Wildman–Crippen LogP) is 4.53. The molecule has 0 saturated carbocycles. The summed E-state index contributed by atoms with van der Waals surface area (Å²) >= 11 is 12.8. The first-order chi connectivity index (χ1) is 12.4. The van der Waals surface area contributed by atoms with E-state index in [1.54, 1.807) is 36.4 Å². The van der Waals surface area contributed by atoms with Gasteiger partial charge in [0.15, 0.2) is 0 Å². The summed E-state index contributed by atoms with van der Waals surface area (Å²) in [6.07, 6.45) is 1.52. The highest BCUT2D eigenvalue weighted by molar-refractivity contribution is 8.18. The lowest BCUT2D eigenvalue weighted by molar-refractivity contribution is -0.115. The fourth-order valence-electron chi connectivity index (χ4n) is 2.38. The number of hydrogen-bond acceptors (Lipinski definition) is 4. The smallest absolute Gasteiger partial charge is 0.323 e. The topological polar surface area (TPSA) is 92.5 Å². The molecular weight excluding hydrogens is 397 g/mol. The fraction of sp³-hybridized carbons (Fsp3) is 0. The van der Waals surface area contributed by atoms with E-state index in [9.17, 15) is 14.4 Å². The Bertz CT molecular complexity index is 962. The van der Waals surface area contributed by atoms with Crippen molar-refractivity contribution in [3.8, 4) is 0 Å². The lowest BCUT2D eigenvalue weighted by Crippen LogP contribution is -2.32. The fourth-order valence-corrected chi connectivity index (χ4v) is 3.35. The van der Waals surface area contributed by atoms with Crippen LogP contribution in [0.15, 0.2) is 47.4 Å². The number of imide groups is 1. The highest BCUT2D eigenvalue weighted by Crippen LogP contribution is 2.35. The Morgan fingerprint density at radius 3 is 2.46 bits per heavy atom. The van der Waals surface area contributed by atoms with Crippen LogP contribution in [0.5, 0.6) is 0 Å². The molecule has 0 spiro atoms. The zero-order valence-corrected chi connectivity index (χ0v) is 15.4. The number of nitrogens with zero attached hydrogens (tertiary/aromatic N) is 1. The molecule has 0 atom stereocenters. The molecule has 9 heteroatoms. The van der Waals surface area contributed by atoms with Crippen molar-refractivity contribution in [2.75, 3.05) is 4.90 Å². The first-order valence-corrected chi connectivity index (χ1v) is 8.82. The minimum Gasteiger partial charge on any atom is -0.351 e. The zero-order valence-electron chi connectivity index (χ0n) is 13.0. The van der Waals surface area contributed by atoms with Gasteiger partial charge in [0, 0.05) is 0 Å². The number of anilines is 2. The average molecular weight is 408 g/mol. The van der Waals surface area contributed by atoms with Gasteiger partial charge in [-0.1, -0.05) is 41.4 Å². The van der Waals surface area contributed by atoms with Gasteiger partial charge < -0.3 is 5.73 Å². The molecule has 2 aromatic carbocycles. The summed E-state index contributed by atoms with van der Waals surface area (Å²) < 4.78 is 0. The zero-order chi connectivity index (χ0) is 18.8. The van der Waals surface area contributed by atoms with E-state index in [1.807, 2.05) is 0 Å². The maximum Gasteiger partial charge on any atom is 0.323 e. The van der Waals surface area contributed by atoms with Crippen molar-refractivity contribution >= 4 is 69.6 Å². The molecule has 1 fully saturated rings. The molecule has 3 N–H and O–H groups in total. The number of rotatable bonds is 3. The molecule has 0 bridgehead atoms. The van der Waals surface area contributed by atoms with E-state index in [0.717, 1.165) is 11.8 Å². The van der Waals surface area contributed by atoms with Gasteiger partial charge in [-0.3, -0.25) is 19.8 Å². The first-order valence-electron chi connectivity index (χ1n) is 7.25. The van der Waals surface area contributed by atoms with Crippen molar-refractivity contribution in [2.45, 2.75) is 0 Å². The summed E-state index contributed by atoms with van der Waals surface area (Å²) in [5.41, 5.74) is 6.94. The number of urea groups is 1. The van der Waals surface area contributed by atoms with Gasteiger partial charge >= 0.3 is 6.03 Å². The molecule has 0 aliphatic carbocycles. The quantitative estimate of drug-likeness (QED) is 0.730.